The van der Waals surface area contributed by atoms with Gasteiger partial charge in [0, 0.05) is 43.7 Å². The molecule has 1 aromatic heterocycles. The van der Waals surface area contributed by atoms with Crippen LogP contribution in [-0.4, -0.2) is 33.3 Å². The molecule has 2 fully saturated rings. The van der Waals surface area contributed by atoms with Crippen molar-refractivity contribution in [3.05, 3.63) is 18.0 Å². The third-order valence-corrected chi connectivity index (χ3v) is 5.31. The number of thioether (sulfide) groups is 1. The van der Waals surface area contributed by atoms with Gasteiger partial charge in [-0.2, -0.15) is 5.10 Å². The van der Waals surface area contributed by atoms with Crippen LogP contribution in [0.1, 0.15) is 31.4 Å². The molecule has 1 aromatic rings. The van der Waals surface area contributed by atoms with E-state index in [4.69, 9.17) is 4.99 Å². The molecule has 0 aromatic carbocycles. The number of hydrogen-bond donors (Lipinski definition) is 1. The third-order valence-electron chi connectivity index (χ3n) is 4.20. The second-order valence-electron chi connectivity index (χ2n) is 5.49. The van der Waals surface area contributed by atoms with Crippen molar-refractivity contribution in [1.29, 1.82) is 0 Å². The fraction of sp³-hybridized carbons (Fsp3) is 0.714. The number of rotatable bonds is 3. The van der Waals surface area contributed by atoms with E-state index in [2.05, 4.69) is 16.5 Å². The highest BCUT2D eigenvalue weighted by atomic mass is 32.2. The Balaban J connectivity index is 1.52. The van der Waals surface area contributed by atoms with Crippen LogP contribution in [0.5, 0.6) is 0 Å². The molecule has 0 spiro atoms. The van der Waals surface area contributed by atoms with E-state index in [1.54, 1.807) is 0 Å². The molecule has 2 atom stereocenters. The van der Waals surface area contributed by atoms with Crippen molar-refractivity contribution >= 4 is 16.9 Å². The highest BCUT2D eigenvalue weighted by Crippen LogP contribution is 2.31. The molecule has 0 amide bonds. The van der Waals surface area contributed by atoms with E-state index in [1.165, 1.54) is 37.1 Å². The number of hydrogen-bond acceptors (Lipinski definition) is 3. The van der Waals surface area contributed by atoms with Crippen LogP contribution in [0.25, 0.3) is 0 Å². The van der Waals surface area contributed by atoms with Gasteiger partial charge in [0.15, 0.2) is 5.17 Å². The molecule has 1 aliphatic carbocycles. The molecule has 1 saturated heterocycles. The van der Waals surface area contributed by atoms with Gasteiger partial charge in [0.25, 0.3) is 0 Å². The van der Waals surface area contributed by atoms with E-state index in [0.29, 0.717) is 6.04 Å². The van der Waals surface area contributed by atoms with Crippen LogP contribution in [0, 0.1) is 5.92 Å². The predicted molar refractivity (Wildman–Crippen MR) is 80.6 cm³/mol. The van der Waals surface area contributed by atoms with Crippen LogP contribution in [0.4, 0.5) is 0 Å². The molecule has 0 radical (unpaired) electrons. The third kappa shape index (κ3) is 3.14. The van der Waals surface area contributed by atoms with Gasteiger partial charge in [-0.15, -0.1) is 0 Å². The van der Waals surface area contributed by atoms with E-state index in [1.807, 2.05) is 29.7 Å². The minimum atomic E-state index is 0.686. The lowest BCUT2D eigenvalue weighted by molar-refractivity contribution is 0.311. The highest BCUT2D eigenvalue weighted by molar-refractivity contribution is 8.13. The monoisotopic (exact) mass is 278 g/mol. The number of aliphatic imine (C=N–C) groups is 1. The smallest absolute Gasteiger partial charge is 0.156 e. The summed E-state index contributed by atoms with van der Waals surface area (Å²) in [6.45, 7) is 0.853. The molecule has 2 aliphatic rings. The molecule has 2 heterocycles. The maximum Gasteiger partial charge on any atom is 0.156 e. The van der Waals surface area contributed by atoms with Gasteiger partial charge in [0.2, 0.25) is 0 Å². The molecule has 1 saturated carbocycles. The molecular weight excluding hydrogens is 256 g/mol. The molecule has 104 valence electrons. The predicted octanol–water partition coefficient (Wildman–Crippen LogP) is 2.21. The molecule has 5 heteroatoms. The zero-order chi connectivity index (χ0) is 13.1. The molecule has 19 heavy (non-hydrogen) atoms. The number of fused-ring (bicyclic) bond motifs is 1. The normalized spacial score (nSPS) is 29.0. The zero-order valence-electron chi connectivity index (χ0n) is 11.5. The summed E-state index contributed by atoms with van der Waals surface area (Å²) in [5.41, 5.74) is 1.25. The van der Waals surface area contributed by atoms with Gasteiger partial charge in [0.1, 0.15) is 0 Å². The number of amidine groups is 1. The maximum atomic E-state index is 4.72. The topological polar surface area (TPSA) is 42.2 Å². The summed E-state index contributed by atoms with van der Waals surface area (Å²) >= 11 is 1.91. The minimum Gasteiger partial charge on any atom is -0.362 e. The van der Waals surface area contributed by atoms with E-state index in [0.717, 1.165) is 24.1 Å². The first kappa shape index (κ1) is 13.0. The molecule has 4 nitrogen and oxygen atoms in total. The van der Waals surface area contributed by atoms with Crippen LogP contribution in [0.15, 0.2) is 17.3 Å². The molecular formula is C14H22N4S. The van der Waals surface area contributed by atoms with E-state index in [9.17, 15) is 0 Å². The summed E-state index contributed by atoms with van der Waals surface area (Å²) < 4.78 is 1.93. The van der Waals surface area contributed by atoms with Gasteiger partial charge < -0.3 is 5.32 Å². The Hall–Kier alpha value is -0.970. The average Bonchev–Trinajstić information content (AvgIpc) is 2.84. The van der Waals surface area contributed by atoms with Crippen molar-refractivity contribution in [2.75, 3.05) is 12.3 Å². The van der Waals surface area contributed by atoms with E-state index < -0.39 is 0 Å². The molecule has 3 rings (SSSR count). The van der Waals surface area contributed by atoms with Crippen LogP contribution >= 0.6 is 11.8 Å². The number of nitrogens with zero attached hydrogens (tertiary/aromatic N) is 3. The van der Waals surface area contributed by atoms with Crippen molar-refractivity contribution in [1.82, 2.24) is 15.1 Å². The Bertz CT molecular complexity index is 454. The van der Waals surface area contributed by atoms with Gasteiger partial charge in [-0.05, 0) is 24.8 Å². The first-order valence-corrected chi connectivity index (χ1v) is 8.22. The molecule has 1 aliphatic heterocycles. The summed E-state index contributed by atoms with van der Waals surface area (Å²) in [6.07, 6.45) is 8.33. The highest BCUT2D eigenvalue weighted by Gasteiger charge is 2.29. The maximum absolute atomic E-state index is 4.72. The van der Waals surface area contributed by atoms with Crippen LogP contribution in [0.2, 0.25) is 0 Å². The van der Waals surface area contributed by atoms with Crippen molar-refractivity contribution < 1.29 is 0 Å². The molecule has 1 N–H and O–H groups in total. The second-order valence-corrected chi connectivity index (χ2v) is 6.50. The summed E-state index contributed by atoms with van der Waals surface area (Å²) in [7, 11) is 1.99. The lowest BCUT2D eigenvalue weighted by atomic mass is 9.86. The average molecular weight is 278 g/mol. The first-order chi connectivity index (χ1) is 9.33. The van der Waals surface area contributed by atoms with E-state index in [-0.39, 0.29) is 0 Å². The van der Waals surface area contributed by atoms with E-state index >= 15 is 0 Å². The summed E-state index contributed by atoms with van der Waals surface area (Å²) in [5.74, 6) is 2.12. The van der Waals surface area contributed by atoms with Crippen molar-refractivity contribution in [3.8, 4) is 0 Å². The fourth-order valence-corrected chi connectivity index (χ4v) is 4.18. The number of aryl methyl sites for hydroxylation is 1. The Labute approximate surface area is 119 Å². The van der Waals surface area contributed by atoms with Crippen LogP contribution in [-0.2, 0) is 13.5 Å². The Kier molecular flexibility index (Phi) is 4.11. The SMILES string of the molecule is Cn1nccc1CCN=C1NC2CCCCC2CS1. The van der Waals surface area contributed by atoms with Gasteiger partial charge in [-0.1, -0.05) is 24.6 Å². The first-order valence-electron chi connectivity index (χ1n) is 7.23. The number of nitrogens with one attached hydrogen (secondary N) is 1. The standard InChI is InChI=1S/C14H22N4S/c1-18-12(7-9-16-18)6-8-15-14-17-13-5-3-2-4-11(13)10-19-14/h7,9,11,13H,2-6,8,10H2,1H3,(H,15,17). The fourth-order valence-electron chi connectivity index (χ4n) is 2.99. The largest absolute Gasteiger partial charge is 0.362 e. The summed E-state index contributed by atoms with van der Waals surface area (Å²) in [4.78, 5) is 4.72. The Morgan fingerprint density at radius 2 is 2.37 bits per heavy atom. The lowest BCUT2D eigenvalue weighted by Gasteiger charge is -2.36. The Morgan fingerprint density at radius 1 is 1.47 bits per heavy atom. The van der Waals surface area contributed by atoms with Gasteiger partial charge in [0.05, 0.1) is 0 Å². The quantitative estimate of drug-likeness (QED) is 0.922. The number of aromatic nitrogens is 2. The van der Waals surface area contributed by atoms with Gasteiger partial charge in [-0.25, -0.2) is 0 Å². The molecule has 2 unspecified atom stereocenters. The lowest BCUT2D eigenvalue weighted by Crippen LogP contribution is -2.46. The zero-order valence-corrected chi connectivity index (χ0v) is 12.3. The second kappa shape index (κ2) is 5.99. The minimum absolute atomic E-state index is 0.686. The van der Waals surface area contributed by atoms with Crippen LogP contribution in [0.3, 0.4) is 0 Å². The summed E-state index contributed by atoms with van der Waals surface area (Å²) in [5, 5.41) is 8.98. The van der Waals surface area contributed by atoms with Crippen LogP contribution < -0.4 is 5.32 Å². The Morgan fingerprint density at radius 3 is 3.21 bits per heavy atom. The van der Waals surface area contributed by atoms with Gasteiger partial charge >= 0.3 is 0 Å². The van der Waals surface area contributed by atoms with Crippen molar-refractivity contribution in [2.45, 2.75) is 38.1 Å². The van der Waals surface area contributed by atoms with Gasteiger partial charge in [-0.3, -0.25) is 9.67 Å². The summed E-state index contributed by atoms with van der Waals surface area (Å²) in [6, 6.07) is 2.75. The van der Waals surface area contributed by atoms with Crippen molar-refractivity contribution in [3.63, 3.8) is 0 Å². The van der Waals surface area contributed by atoms with Crippen molar-refractivity contribution in [2.24, 2.45) is 18.0 Å². The molecule has 0 bridgehead atoms.